The van der Waals surface area contributed by atoms with E-state index in [0.717, 1.165) is 19.2 Å². The number of alkyl halides is 3. The third kappa shape index (κ3) is 5.19. The summed E-state index contributed by atoms with van der Waals surface area (Å²) in [5, 5.41) is 11.0. The minimum atomic E-state index is -6.07. The lowest BCUT2D eigenvalue weighted by Gasteiger charge is -2.14. The Balaban J connectivity index is 3.27. The zero-order valence-electron chi connectivity index (χ0n) is 14.4. The van der Waals surface area contributed by atoms with Crippen LogP contribution in [-0.2, 0) is 24.4 Å². The topological polar surface area (TPSA) is 140 Å². The standard InChI is InChI=1S/C15H13F3N2O7S/c1-3-11(21)10(7-19)13(22)20-8-4-5-12(9(6-8)14(23)26-2)27-28(24,25)15(16,17)18/h4-6,10H,3H2,1-2H3,(H,20,22). The van der Waals surface area contributed by atoms with Gasteiger partial charge in [-0.1, -0.05) is 6.92 Å². The number of hydrogen-bond donors (Lipinski definition) is 1. The Kier molecular flexibility index (Phi) is 7.11. The van der Waals surface area contributed by atoms with Crippen molar-refractivity contribution in [1.82, 2.24) is 0 Å². The molecule has 0 saturated heterocycles. The average molecular weight is 422 g/mol. The quantitative estimate of drug-likeness (QED) is 0.303. The molecule has 0 aliphatic heterocycles. The van der Waals surface area contributed by atoms with Gasteiger partial charge in [-0.3, -0.25) is 9.59 Å². The highest BCUT2D eigenvalue weighted by molar-refractivity contribution is 7.88. The zero-order valence-corrected chi connectivity index (χ0v) is 15.2. The van der Waals surface area contributed by atoms with Crippen LogP contribution in [0.15, 0.2) is 18.2 Å². The molecular weight excluding hydrogens is 409 g/mol. The lowest BCUT2D eigenvalue weighted by molar-refractivity contribution is -0.128. The van der Waals surface area contributed by atoms with E-state index in [0.29, 0.717) is 6.07 Å². The Bertz CT molecular complexity index is 936. The van der Waals surface area contributed by atoms with Crippen molar-refractivity contribution in [3.8, 4) is 11.8 Å². The number of nitriles is 1. The fourth-order valence-corrected chi connectivity index (χ4v) is 2.29. The van der Waals surface area contributed by atoms with E-state index in [1.807, 2.05) is 0 Å². The predicted molar refractivity (Wildman–Crippen MR) is 86.4 cm³/mol. The number of benzene rings is 1. The van der Waals surface area contributed by atoms with Crippen molar-refractivity contribution in [3.63, 3.8) is 0 Å². The van der Waals surface area contributed by atoms with E-state index >= 15 is 0 Å². The molecule has 1 aromatic rings. The van der Waals surface area contributed by atoms with Crippen LogP contribution in [0.2, 0.25) is 0 Å². The third-order valence-corrected chi connectivity index (χ3v) is 4.16. The Labute approximate surface area is 157 Å². The molecule has 0 aliphatic rings. The number of ketones is 1. The van der Waals surface area contributed by atoms with E-state index < -0.39 is 50.5 Å². The molecule has 0 aliphatic carbocycles. The lowest BCUT2D eigenvalue weighted by atomic mass is 10.0. The molecule has 0 radical (unpaired) electrons. The normalized spacial score (nSPS) is 12.4. The number of carbonyl (C=O) groups excluding carboxylic acids is 3. The molecule has 28 heavy (non-hydrogen) atoms. The number of carbonyl (C=O) groups is 3. The summed E-state index contributed by atoms with van der Waals surface area (Å²) in [5.41, 5.74) is -6.71. The van der Waals surface area contributed by atoms with Gasteiger partial charge in [0.2, 0.25) is 5.91 Å². The van der Waals surface area contributed by atoms with E-state index in [4.69, 9.17) is 5.26 Å². The monoisotopic (exact) mass is 422 g/mol. The molecule has 152 valence electrons. The number of anilines is 1. The predicted octanol–water partition coefficient (Wildman–Crippen LogP) is 1.76. The van der Waals surface area contributed by atoms with Gasteiger partial charge in [0.15, 0.2) is 17.5 Å². The minimum Gasteiger partial charge on any atom is -0.465 e. The molecule has 0 heterocycles. The molecule has 0 saturated carbocycles. The van der Waals surface area contributed by atoms with Crippen LogP contribution in [0.5, 0.6) is 5.75 Å². The summed E-state index contributed by atoms with van der Waals surface area (Å²) in [5.74, 6) is -5.62. The summed E-state index contributed by atoms with van der Waals surface area (Å²) in [6.07, 6.45) is -0.0961. The van der Waals surface area contributed by atoms with Crippen LogP contribution in [0.1, 0.15) is 23.7 Å². The first kappa shape index (κ1) is 22.9. The molecule has 0 bridgehead atoms. The smallest absolute Gasteiger partial charge is 0.465 e. The maximum Gasteiger partial charge on any atom is 0.534 e. The van der Waals surface area contributed by atoms with Gasteiger partial charge in [0.25, 0.3) is 0 Å². The van der Waals surface area contributed by atoms with Crippen LogP contribution in [0.4, 0.5) is 18.9 Å². The van der Waals surface area contributed by atoms with Gasteiger partial charge in [-0.2, -0.15) is 26.9 Å². The summed E-state index contributed by atoms with van der Waals surface area (Å²) in [7, 11) is -5.19. The first-order chi connectivity index (χ1) is 12.9. The van der Waals surface area contributed by atoms with Gasteiger partial charge >= 0.3 is 21.6 Å². The number of ether oxygens (including phenoxy) is 1. The number of nitrogens with zero attached hydrogens (tertiary/aromatic N) is 1. The maximum absolute atomic E-state index is 12.5. The van der Waals surface area contributed by atoms with Crippen molar-refractivity contribution in [2.45, 2.75) is 18.9 Å². The van der Waals surface area contributed by atoms with Crippen molar-refractivity contribution in [1.29, 1.82) is 5.26 Å². The summed E-state index contributed by atoms with van der Waals surface area (Å²) < 4.78 is 68.0. The summed E-state index contributed by atoms with van der Waals surface area (Å²) in [4.78, 5) is 35.3. The molecule has 1 unspecified atom stereocenters. The summed E-state index contributed by atoms with van der Waals surface area (Å²) >= 11 is 0. The number of Topliss-reactive ketones (excluding diaryl/α,β-unsaturated/α-hetero) is 1. The van der Waals surface area contributed by atoms with Gasteiger partial charge in [0.1, 0.15) is 5.56 Å². The van der Waals surface area contributed by atoms with Gasteiger partial charge < -0.3 is 14.2 Å². The highest BCUT2D eigenvalue weighted by Crippen LogP contribution is 2.31. The third-order valence-electron chi connectivity index (χ3n) is 3.20. The largest absolute Gasteiger partial charge is 0.534 e. The Morgan fingerprint density at radius 3 is 2.36 bits per heavy atom. The van der Waals surface area contributed by atoms with Crippen molar-refractivity contribution < 1.29 is 44.9 Å². The summed E-state index contributed by atoms with van der Waals surface area (Å²) in [6.45, 7) is 1.43. The van der Waals surface area contributed by atoms with E-state index in [9.17, 15) is 36.0 Å². The highest BCUT2D eigenvalue weighted by atomic mass is 32.2. The van der Waals surface area contributed by atoms with Crippen LogP contribution in [0.3, 0.4) is 0 Å². The van der Waals surface area contributed by atoms with E-state index in [1.54, 1.807) is 0 Å². The lowest BCUT2D eigenvalue weighted by Crippen LogP contribution is -2.29. The number of halogens is 3. The first-order valence-electron chi connectivity index (χ1n) is 7.34. The van der Waals surface area contributed by atoms with Crippen molar-refractivity contribution in [2.24, 2.45) is 5.92 Å². The number of amides is 1. The SMILES string of the molecule is CCC(=O)C(C#N)C(=O)Nc1ccc(OS(=O)(=O)C(F)(F)F)c(C(=O)OC)c1. The van der Waals surface area contributed by atoms with Gasteiger partial charge in [0, 0.05) is 12.1 Å². The molecule has 1 amide bonds. The molecule has 1 aromatic carbocycles. The van der Waals surface area contributed by atoms with Crippen molar-refractivity contribution >= 4 is 33.5 Å². The average Bonchev–Trinajstić information content (AvgIpc) is 2.61. The number of rotatable bonds is 7. The van der Waals surface area contributed by atoms with Crippen LogP contribution in [0.25, 0.3) is 0 Å². The Hall–Kier alpha value is -3.14. The van der Waals surface area contributed by atoms with Crippen molar-refractivity contribution in [2.75, 3.05) is 12.4 Å². The second-order valence-corrected chi connectivity index (χ2v) is 6.59. The summed E-state index contributed by atoms with van der Waals surface area (Å²) in [6, 6.07) is 3.86. The molecule has 1 N–H and O–H groups in total. The van der Waals surface area contributed by atoms with Gasteiger partial charge in [0.05, 0.1) is 13.2 Å². The van der Waals surface area contributed by atoms with Crippen LogP contribution in [-0.4, -0.2) is 38.7 Å². The molecule has 0 fully saturated rings. The number of methoxy groups -OCH3 is 1. The van der Waals surface area contributed by atoms with E-state index in [1.165, 1.54) is 13.0 Å². The molecular formula is C15H13F3N2O7S. The minimum absolute atomic E-state index is 0.0961. The highest BCUT2D eigenvalue weighted by Gasteiger charge is 2.49. The molecule has 1 rings (SSSR count). The fraction of sp³-hybridized carbons (Fsp3) is 0.333. The number of nitrogens with one attached hydrogen (secondary N) is 1. The fourth-order valence-electron chi connectivity index (χ4n) is 1.81. The second-order valence-electron chi connectivity index (χ2n) is 5.06. The molecule has 1 atom stereocenters. The number of esters is 1. The second kappa shape index (κ2) is 8.70. The maximum atomic E-state index is 12.5. The Morgan fingerprint density at radius 1 is 1.29 bits per heavy atom. The zero-order chi connectivity index (χ0) is 21.7. The number of hydrogen-bond acceptors (Lipinski definition) is 8. The molecule has 0 spiro atoms. The van der Waals surface area contributed by atoms with E-state index in [-0.39, 0.29) is 12.1 Å². The molecule has 9 nitrogen and oxygen atoms in total. The van der Waals surface area contributed by atoms with Crippen LogP contribution < -0.4 is 9.50 Å². The van der Waals surface area contributed by atoms with Crippen LogP contribution >= 0.6 is 0 Å². The Morgan fingerprint density at radius 2 is 1.89 bits per heavy atom. The molecule has 13 heteroatoms. The van der Waals surface area contributed by atoms with E-state index in [2.05, 4.69) is 14.2 Å². The van der Waals surface area contributed by atoms with Gasteiger partial charge in [-0.15, -0.1) is 0 Å². The van der Waals surface area contributed by atoms with Crippen LogP contribution in [0, 0.1) is 17.2 Å². The molecule has 0 aromatic heterocycles. The van der Waals surface area contributed by atoms with Gasteiger partial charge in [-0.25, -0.2) is 4.79 Å². The van der Waals surface area contributed by atoms with Gasteiger partial charge in [-0.05, 0) is 18.2 Å². The first-order valence-corrected chi connectivity index (χ1v) is 8.75. The van der Waals surface area contributed by atoms with Crippen molar-refractivity contribution in [3.05, 3.63) is 23.8 Å².